The molecule has 0 fully saturated rings. The highest BCUT2D eigenvalue weighted by atomic mass is 16.4. The fraction of sp³-hybridized carbons (Fsp3) is 0. The average molecular weight is 261 g/mol. The minimum absolute atomic E-state index is 0.323. The monoisotopic (exact) mass is 261 g/mol. The van der Waals surface area contributed by atoms with Crippen LogP contribution >= 0.6 is 0 Å². The summed E-state index contributed by atoms with van der Waals surface area (Å²) in [6.45, 7) is 0. The smallest absolute Gasteiger partial charge is 0.336 e. The van der Waals surface area contributed by atoms with Crippen LogP contribution in [0.25, 0.3) is 33.1 Å². The highest BCUT2D eigenvalue weighted by Gasteiger charge is 2.07. The van der Waals surface area contributed by atoms with Crippen LogP contribution in [-0.2, 0) is 0 Å². The number of benzene rings is 2. The van der Waals surface area contributed by atoms with Crippen molar-refractivity contribution in [1.82, 2.24) is 4.98 Å². The molecule has 20 heavy (non-hydrogen) atoms. The third kappa shape index (κ3) is 1.64. The van der Waals surface area contributed by atoms with Crippen molar-refractivity contribution in [3.05, 3.63) is 71.1 Å². The number of hydrogen-bond donors (Lipinski definition) is 1. The van der Waals surface area contributed by atoms with Crippen LogP contribution in [0, 0.1) is 0 Å². The number of fused-ring (bicyclic) bond motifs is 3. The van der Waals surface area contributed by atoms with E-state index >= 15 is 0 Å². The van der Waals surface area contributed by atoms with Gasteiger partial charge in [0.05, 0.1) is 0 Å². The zero-order valence-electron chi connectivity index (χ0n) is 10.6. The fourth-order valence-electron chi connectivity index (χ4n) is 2.53. The van der Waals surface area contributed by atoms with Crippen molar-refractivity contribution in [2.75, 3.05) is 0 Å². The molecule has 0 saturated carbocycles. The van der Waals surface area contributed by atoms with Gasteiger partial charge in [-0.25, -0.2) is 4.79 Å². The van der Waals surface area contributed by atoms with Gasteiger partial charge in [-0.2, -0.15) is 0 Å². The first kappa shape index (κ1) is 11.1. The molecule has 0 aliphatic rings. The molecule has 96 valence electrons. The van der Waals surface area contributed by atoms with E-state index in [-0.39, 0.29) is 5.63 Å². The van der Waals surface area contributed by atoms with Crippen LogP contribution in [0.1, 0.15) is 0 Å². The normalized spacial score (nSPS) is 11.2. The molecule has 3 nitrogen and oxygen atoms in total. The van der Waals surface area contributed by atoms with E-state index in [9.17, 15) is 4.79 Å². The summed E-state index contributed by atoms with van der Waals surface area (Å²) in [7, 11) is 0. The van der Waals surface area contributed by atoms with Gasteiger partial charge in [-0.05, 0) is 29.8 Å². The topological polar surface area (TPSA) is 46.0 Å². The molecule has 0 atom stereocenters. The van der Waals surface area contributed by atoms with Gasteiger partial charge in [-0.15, -0.1) is 0 Å². The summed E-state index contributed by atoms with van der Waals surface area (Å²) in [5.74, 6) is 0. The number of hydrogen-bond acceptors (Lipinski definition) is 2. The summed E-state index contributed by atoms with van der Waals surface area (Å²) in [4.78, 5) is 14.7. The number of rotatable bonds is 1. The fourth-order valence-corrected chi connectivity index (χ4v) is 2.53. The Labute approximate surface area is 114 Å². The molecular weight excluding hydrogens is 250 g/mol. The lowest BCUT2D eigenvalue weighted by Crippen LogP contribution is -1.93. The standard InChI is InChI=1S/C17H11NO2/c19-17-9-6-12-13-10-15(11-4-2-1-3-5-11)18-14(13)7-8-16(12)20-17/h1-10,18H. The summed E-state index contributed by atoms with van der Waals surface area (Å²) in [6, 6.07) is 19.3. The number of H-pyrrole nitrogens is 1. The zero-order valence-corrected chi connectivity index (χ0v) is 10.6. The minimum Gasteiger partial charge on any atom is -0.423 e. The second-order valence-electron chi connectivity index (χ2n) is 4.74. The third-order valence-electron chi connectivity index (χ3n) is 3.49. The second kappa shape index (κ2) is 4.10. The molecule has 4 rings (SSSR count). The summed E-state index contributed by atoms with van der Waals surface area (Å²) in [6.07, 6.45) is 0. The van der Waals surface area contributed by atoms with Crippen molar-refractivity contribution in [2.24, 2.45) is 0 Å². The Morgan fingerprint density at radius 1 is 0.850 bits per heavy atom. The SMILES string of the molecule is O=c1ccc2c(ccc3[nH]c(-c4ccccc4)cc32)o1. The van der Waals surface area contributed by atoms with Gasteiger partial charge in [0.1, 0.15) is 5.58 Å². The molecule has 2 aromatic carbocycles. The quantitative estimate of drug-likeness (QED) is 0.527. The molecule has 0 radical (unpaired) electrons. The maximum absolute atomic E-state index is 11.3. The van der Waals surface area contributed by atoms with Crippen molar-refractivity contribution in [2.45, 2.75) is 0 Å². The molecule has 1 N–H and O–H groups in total. The van der Waals surface area contributed by atoms with E-state index in [4.69, 9.17) is 4.42 Å². The van der Waals surface area contributed by atoms with Crippen LogP contribution in [0.5, 0.6) is 0 Å². The summed E-state index contributed by atoms with van der Waals surface area (Å²) >= 11 is 0. The first-order valence-electron chi connectivity index (χ1n) is 6.42. The maximum atomic E-state index is 11.3. The molecular formula is C17H11NO2. The molecule has 2 heterocycles. The van der Waals surface area contributed by atoms with Crippen LogP contribution in [0.2, 0.25) is 0 Å². The molecule has 0 spiro atoms. The lowest BCUT2D eigenvalue weighted by molar-refractivity contribution is 0.561. The van der Waals surface area contributed by atoms with Gasteiger partial charge in [0, 0.05) is 28.0 Å². The van der Waals surface area contributed by atoms with Crippen molar-refractivity contribution in [1.29, 1.82) is 0 Å². The van der Waals surface area contributed by atoms with Crippen LogP contribution in [0.15, 0.2) is 69.9 Å². The first-order valence-corrected chi connectivity index (χ1v) is 6.42. The lowest BCUT2D eigenvalue weighted by Gasteiger charge is -1.96. The van der Waals surface area contributed by atoms with Gasteiger partial charge >= 0.3 is 5.63 Å². The summed E-state index contributed by atoms with van der Waals surface area (Å²) in [5, 5.41) is 2.01. The number of aromatic nitrogens is 1. The molecule has 0 saturated heterocycles. The Kier molecular flexibility index (Phi) is 2.27. The molecule has 2 aromatic heterocycles. The summed E-state index contributed by atoms with van der Waals surface area (Å²) in [5.41, 5.74) is 3.51. The van der Waals surface area contributed by atoms with Crippen molar-refractivity contribution < 1.29 is 4.42 Å². The Bertz CT molecular complexity index is 965. The maximum Gasteiger partial charge on any atom is 0.336 e. The van der Waals surface area contributed by atoms with Gasteiger partial charge in [0.15, 0.2) is 0 Å². The lowest BCUT2D eigenvalue weighted by atomic mass is 10.1. The van der Waals surface area contributed by atoms with Gasteiger partial charge in [-0.1, -0.05) is 30.3 Å². The first-order chi connectivity index (χ1) is 9.81. The number of aromatic amines is 1. The van der Waals surface area contributed by atoms with Crippen LogP contribution in [-0.4, -0.2) is 4.98 Å². The highest BCUT2D eigenvalue weighted by molar-refractivity contribution is 6.06. The Morgan fingerprint density at radius 3 is 2.55 bits per heavy atom. The van der Waals surface area contributed by atoms with E-state index < -0.39 is 0 Å². The molecule has 3 heteroatoms. The molecule has 0 bridgehead atoms. The van der Waals surface area contributed by atoms with Gasteiger partial charge in [0.25, 0.3) is 0 Å². The van der Waals surface area contributed by atoms with Gasteiger partial charge in [0.2, 0.25) is 0 Å². The average Bonchev–Trinajstić information content (AvgIpc) is 2.92. The van der Waals surface area contributed by atoms with Crippen LogP contribution < -0.4 is 5.63 Å². The third-order valence-corrected chi connectivity index (χ3v) is 3.49. The predicted molar refractivity (Wildman–Crippen MR) is 79.8 cm³/mol. The molecule has 0 aliphatic carbocycles. The Balaban J connectivity index is 2.04. The van der Waals surface area contributed by atoms with E-state index in [1.165, 1.54) is 6.07 Å². The van der Waals surface area contributed by atoms with Crippen LogP contribution in [0.4, 0.5) is 0 Å². The molecule has 0 unspecified atom stereocenters. The highest BCUT2D eigenvalue weighted by Crippen LogP contribution is 2.29. The molecule has 0 amide bonds. The van der Waals surface area contributed by atoms with Crippen molar-refractivity contribution in [3.8, 4) is 11.3 Å². The minimum atomic E-state index is -0.323. The van der Waals surface area contributed by atoms with E-state index in [1.54, 1.807) is 0 Å². The van der Waals surface area contributed by atoms with Crippen molar-refractivity contribution >= 4 is 21.9 Å². The Hall–Kier alpha value is -2.81. The molecule has 0 aliphatic heterocycles. The van der Waals surface area contributed by atoms with E-state index in [0.29, 0.717) is 5.58 Å². The van der Waals surface area contributed by atoms with E-state index in [0.717, 1.165) is 27.5 Å². The summed E-state index contributed by atoms with van der Waals surface area (Å²) < 4.78 is 5.22. The Morgan fingerprint density at radius 2 is 1.70 bits per heavy atom. The second-order valence-corrected chi connectivity index (χ2v) is 4.74. The van der Waals surface area contributed by atoms with Crippen molar-refractivity contribution in [3.63, 3.8) is 0 Å². The van der Waals surface area contributed by atoms with E-state index in [1.807, 2.05) is 36.4 Å². The van der Waals surface area contributed by atoms with Gasteiger partial charge < -0.3 is 9.40 Å². The van der Waals surface area contributed by atoms with Gasteiger partial charge in [-0.3, -0.25) is 0 Å². The van der Waals surface area contributed by atoms with Crippen LogP contribution in [0.3, 0.4) is 0 Å². The number of nitrogens with one attached hydrogen (secondary N) is 1. The molecule has 4 aromatic rings. The largest absolute Gasteiger partial charge is 0.423 e. The predicted octanol–water partition coefficient (Wildman–Crippen LogP) is 3.94. The zero-order chi connectivity index (χ0) is 13.5. The van der Waals surface area contributed by atoms with E-state index in [2.05, 4.69) is 23.2 Å².